The van der Waals surface area contributed by atoms with Crippen molar-refractivity contribution in [1.82, 2.24) is 14.8 Å². The van der Waals surface area contributed by atoms with Gasteiger partial charge in [-0.2, -0.15) is 5.10 Å². The van der Waals surface area contributed by atoms with Crippen molar-refractivity contribution in [2.75, 3.05) is 11.9 Å². The smallest absolute Gasteiger partial charge is 0.193 e. The summed E-state index contributed by atoms with van der Waals surface area (Å²) in [5.41, 5.74) is 8.09. The number of hydrogen-bond acceptors (Lipinski definition) is 3. The highest BCUT2D eigenvalue weighted by atomic mass is 15.3. The summed E-state index contributed by atoms with van der Waals surface area (Å²) in [6.45, 7) is 5.55. The molecule has 1 heterocycles. The number of anilines is 1. The Morgan fingerprint density at radius 2 is 2.30 bits per heavy atom. The van der Waals surface area contributed by atoms with E-state index in [4.69, 9.17) is 5.73 Å². The number of hydrogen-bond donors (Lipinski definition) is 2. The highest BCUT2D eigenvalue weighted by Gasteiger charge is 2.01. The van der Waals surface area contributed by atoms with E-state index < -0.39 is 0 Å². The molecule has 0 atom stereocenters. The van der Waals surface area contributed by atoms with Crippen LogP contribution < -0.4 is 11.1 Å². The molecule has 0 aliphatic carbocycles. The molecule has 0 amide bonds. The highest BCUT2D eigenvalue weighted by molar-refractivity contribution is 5.92. The maximum absolute atomic E-state index is 5.86. The van der Waals surface area contributed by atoms with Crippen molar-refractivity contribution in [3.63, 3.8) is 0 Å². The van der Waals surface area contributed by atoms with Crippen molar-refractivity contribution in [1.29, 1.82) is 0 Å². The molecule has 2 rings (SSSR count). The first-order valence-corrected chi connectivity index (χ1v) is 6.64. The molecule has 0 aliphatic rings. The lowest BCUT2D eigenvalue weighted by molar-refractivity contribution is 0.624. The second-order valence-corrected chi connectivity index (χ2v) is 4.83. The van der Waals surface area contributed by atoms with Crippen LogP contribution in [0.4, 0.5) is 5.69 Å². The van der Waals surface area contributed by atoms with E-state index in [1.165, 1.54) is 11.9 Å². The number of rotatable bonds is 5. The number of aliphatic imine (C=N–C) groups is 1. The van der Waals surface area contributed by atoms with Crippen LogP contribution in [0.2, 0.25) is 0 Å². The van der Waals surface area contributed by atoms with Crippen LogP contribution in [0.3, 0.4) is 0 Å². The van der Waals surface area contributed by atoms with Crippen LogP contribution in [0.5, 0.6) is 0 Å². The Morgan fingerprint density at radius 3 is 3.00 bits per heavy atom. The van der Waals surface area contributed by atoms with Gasteiger partial charge in [-0.05, 0) is 23.6 Å². The summed E-state index contributed by atoms with van der Waals surface area (Å²) in [6, 6.07) is 8.18. The quantitative estimate of drug-likeness (QED) is 0.642. The van der Waals surface area contributed by atoms with E-state index in [-0.39, 0.29) is 0 Å². The first kappa shape index (κ1) is 14.0. The van der Waals surface area contributed by atoms with Crippen LogP contribution in [0.25, 0.3) is 0 Å². The van der Waals surface area contributed by atoms with Crippen LogP contribution in [0.15, 0.2) is 41.9 Å². The van der Waals surface area contributed by atoms with Gasteiger partial charge in [0.15, 0.2) is 5.96 Å². The molecule has 0 fully saturated rings. The SMILES string of the molecule is CC(C)c1cccc(NC(N)=NCCn2cncn2)c1. The second-order valence-electron chi connectivity index (χ2n) is 4.83. The van der Waals surface area contributed by atoms with E-state index in [0.29, 0.717) is 25.0 Å². The van der Waals surface area contributed by atoms with Crippen LogP contribution >= 0.6 is 0 Å². The minimum atomic E-state index is 0.408. The lowest BCUT2D eigenvalue weighted by atomic mass is 10.0. The predicted octanol–water partition coefficient (Wildman–Crippen LogP) is 1.83. The Morgan fingerprint density at radius 1 is 1.45 bits per heavy atom. The van der Waals surface area contributed by atoms with E-state index in [1.54, 1.807) is 11.0 Å². The molecule has 2 aromatic rings. The van der Waals surface area contributed by atoms with E-state index in [1.807, 2.05) is 12.1 Å². The summed E-state index contributed by atoms with van der Waals surface area (Å²) in [5, 5.41) is 7.10. The fourth-order valence-corrected chi connectivity index (χ4v) is 1.78. The lowest BCUT2D eigenvalue weighted by Gasteiger charge is -2.09. The zero-order valence-electron chi connectivity index (χ0n) is 11.8. The van der Waals surface area contributed by atoms with Gasteiger partial charge in [0, 0.05) is 5.69 Å². The van der Waals surface area contributed by atoms with E-state index in [9.17, 15) is 0 Å². The van der Waals surface area contributed by atoms with Crippen molar-refractivity contribution < 1.29 is 0 Å². The molecular formula is C14H20N6. The average Bonchev–Trinajstić information content (AvgIpc) is 2.92. The molecule has 20 heavy (non-hydrogen) atoms. The van der Waals surface area contributed by atoms with Gasteiger partial charge in [0.25, 0.3) is 0 Å². The minimum Gasteiger partial charge on any atom is -0.370 e. The largest absolute Gasteiger partial charge is 0.370 e. The Bertz CT molecular complexity index is 559. The van der Waals surface area contributed by atoms with Gasteiger partial charge in [0.05, 0.1) is 13.1 Å². The number of nitrogens with two attached hydrogens (primary N) is 1. The van der Waals surface area contributed by atoms with Gasteiger partial charge in [-0.15, -0.1) is 0 Å². The lowest BCUT2D eigenvalue weighted by Crippen LogP contribution is -2.23. The Hall–Kier alpha value is -2.37. The Kier molecular flexibility index (Phi) is 4.70. The molecule has 0 spiro atoms. The van der Waals surface area contributed by atoms with Crippen LogP contribution in [0, 0.1) is 0 Å². The molecule has 1 aromatic heterocycles. The maximum Gasteiger partial charge on any atom is 0.193 e. The fourth-order valence-electron chi connectivity index (χ4n) is 1.78. The topological polar surface area (TPSA) is 81.1 Å². The molecule has 0 aliphatic heterocycles. The molecular weight excluding hydrogens is 252 g/mol. The maximum atomic E-state index is 5.86. The van der Waals surface area contributed by atoms with E-state index in [0.717, 1.165) is 5.69 Å². The summed E-state index contributed by atoms with van der Waals surface area (Å²) in [7, 11) is 0. The summed E-state index contributed by atoms with van der Waals surface area (Å²) in [4.78, 5) is 8.13. The zero-order valence-corrected chi connectivity index (χ0v) is 11.8. The molecule has 106 valence electrons. The van der Waals surface area contributed by atoms with Crippen molar-refractivity contribution in [2.45, 2.75) is 26.3 Å². The molecule has 6 heteroatoms. The minimum absolute atomic E-state index is 0.408. The molecule has 0 radical (unpaired) electrons. The van der Waals surface area contributed by atoms with E-state index in [2.05, 4.69) is 46.4 Å². The summed E-state index contributed by atoms with van der Waals surface area (Å²) in [5.74, 6) is 0.897. The van der Waals surface area contributed by atoms with Gasteiger partial charge in [-0.1, -0.05) is 26.0 Å². The Balaban J connectivity index is 1.90. The first-order chi connectivity index (χ1) is 9.65. The molecule has 1 aromatic carbocycles. The van der Waals surface area contributed by atoms with Gasteiger partial charge < -0.3 is 11.1 Å². The normalized spacial score (nSPS) is 11.8. The number of benzene rings is 1. The first-order valence-electron chi connectivity index (χ1n) is 6.64. The van der Waals surface area contributed by atoms with Gasteiger partial charge in [0.2, 0.25) is 0 Å². The summed E-state index contributed by atoms with van der Waals surface area (Å²) in [6.07, 6.45) is 3.16. The number of nitrogens with one attached hydrogen (secondary N) is 1. The van der Waals surface area contributed by atoms with Gasteiger partial charge >= 0.3 is 0 Å². The fraction of sp³-hybridized carbons (Fsp3) is 0.357. The van der Waals surface area contributed by atoms with Crippen LogP contribution in [-0.2, 0) is 6.54 Å². The third-order valence-electron chi connectivity index (χ3n) is 2.90. The van der Waals surface area contributed by atoms with Crippen molar-refractivity contribution >= 4 is 11.6 Å². The predicted molar refractivity (Wildman–Crippen MR) is 80.7 cm³/mol. The zero-order chi connectivity index (χ0) is 14.4. The molecule has 6 nitrogen and oxygen atoms in total. The van der Waals surface area contributed by atoms with Gasteiger partial charge in [-0.25, -0.2) is 4.98 Å². The van der Waals surface area contributed by atoms with Crippen LogP contribution in [0.1, 0.15) is 25.3 Å². The molecule has 3 N–H and O–H groups in total. The third kappa shape index (κ3) is 4.08. The van der Waals surface area contributed by atoms with E-state index >= 15 is 0 Å². The van der Waals surface area contributed by atoms with Crippen LogP contribution in [-0.4, -0.2) is 27.3 Å². The average molecular weight is 272 g/mol. The molecule has 0 saturated carbocycles. The number of nitrogens with zero attached hydrogens (tertiary/aromatic N) is 4. The summed E-state index contributed by atoms with van der Waals surface area (Å²) < 4.78 is 1.72. The van der Waals surface area contributed by atoms with Crippen molar-refractivity contribution in [3.8, 4) is 0 Å². The monoisotopic (exact) mass is 272 g/mol. The molecule has 0 bridgehead atoms. The number of guanidine groups is 1. The molecule has 0 saturated heterocycles. The standard InChI is InChI=1S/C14H20N6/c1-11(2)12-4-3-5-13(8-12)19-14(15)17-6-7-20-10-16-9-18-20/h3-5,8-11H,6-7H2,1-2H3,(H3,15,17,19). The Labute approximate surface area is 118 Å². The van der Waals surface area contributed by atoms with Crippen molar-refractivity contribution in [2.24, 2.45) is 10.7 Å². The highest BCUT2D eigenvalue weighted by Crippen LogP contribution is 2.18. The van der Waals surface area contributed by atoms with Gasteiger partial charge in [-0.3, -0.25) is 9.67 Å². The second kappa shape index (κ2) is 6.70. The van der Waals surface area contributed by atoms with Crippen molar-refractivity contribution in [3.05, 3.63) is 42.5 Å². The third-order valence-corrected chi connectivity index (χ3v) is 2.90. The summed E-state index contributed by atoms with van der Waals surface area (Å²) >= 11 is 0. The number of aromatic nitrogens is 3. The van der Waals surface area contributed by atoms with Gasteiger partial charge in [0.1, 0.15) is 12.7 Å². The molecule has 0 unspecified atom stereocenters.